The summed E-state index contributed by atoms with van der Waals surface area (Å²) >= 11 is 0. The molecule has 0 radical (unpaired) electrons. The van der Waals surface area contributed by atoms with Gasteiger partial charge in [0.2, 0.25) is 11.8 Å². The van der Waals surface area contributed by atoms with E-state index in [1.54, 1.807) is 0 Å². The molecule has 2 aromatic heterocycles. The number of likely N-dealkylation sites (tertiary alicyclic amines) is 1. The molecule has 1 saturated heterocycles. The third-order valence-corrected chi connectivity index (χ3v) is 3.97. The van der Waals surface area contributed by atoms with Gasteiger partial charge in [0.1, 0.15) is 6.04 Å². The van der Waals surface area contributed by atoms with Gasteiger partial charge in [-0.25, -0.2) is 9.89 Å². The van der Waals surface area contributed by atoms with Crippen LogP contribution in [0.5, 0.6) is 0 Å². The second kappa shape index (κ2) is 5.59. The van der Waals surface area contributed by atoms with E-state index in [-0.39, 0.29) is 17.9 Å². The first-order valence-electron chi connectivity index (χ1n) is 7.12. The monoisotopic (exact) mass is 290 g/mol. The maximum Gasteiger partial charge on any atom is 0.434 e. The van der Waals surface area contributed by atoms with Crippen molar-refractivity contribution >= 4 is 5.91 Å². The Kier molecular flexibility index (Phi) is 3.64. The van der Waals surface area contributed by atoms with Gasteiger partial charge in [-0.1, -0.05) is 0 Å². The smallest absolute Gasteiger partial charge is 0.392 e. The Labute approximate surface area is 121 Å². The van der Waals surface area contributed by atoms with Crippen LogP contribution in [0, 0.1) is 0 Å². The average molecular weight is 290 g/mol. The van der Waals surface area contributed by atoms with E-state index < -0.39 is 5.76 Å². The number of carbonyl (C=O) groups excluding carboxylic acids is 1. The largest absolute Gasteiger partial charge is 0.434 e. The molecule has 1 aliphatic rings. The fraction of sp³-hybridized carbons (Fsp3) is 0.500. The minimum atomic E-state index is -0.547. The molecular weight excluding hydrogens is 272 g/mol. The molecule has 0 aliphatic carbocycles. The van der Waals surface area contributed by atoms with Gasteiger partial charge in [-0.15, -0.1) is 5.10 Å². The lowest BCUT2D eigenvalue weighted by Crippen LogP contribution is -2.42. The number of rotatable bonds is 3. The quantitative estimate of drug-likeness (QED) is 0.918. The molecule has 21 heavy (non-hydrogen) atoms. The molecule has 2 atom stereocenters. The molecule has 1 amide bonds. The SMILES string of the molecule is CC(C(=O)N1CCCC(c2n[nH]c(=O)o2)C1)n1cccc1. The highest BCUT2D eigenvalue weighted by molar-refractivity contribution is 5.80. The Balaban J connectivity index is 1.71. The molecule has 3 rings (SSSR count). The normalized spacial score (nSPS) is 20.4. The van der Waals surface area contributed by atoms with Crippen LogP contribution in [0.4, 0.5) is 0 Å². The van der Waals surface area contributed by atoms with Crippen molar-refractivity contribution in [1.82, 2.24) is 19.7 Å². The van der Waals surface area contributed by atoms with Crippen molar-refractivity contribution < 1.29 is 9.21 Å². The van der Waals surface area contributed by atoms with E-state index in [1.165, 1.54) is 0 Å². The van der Waals surface area contributed by atoms with Crippen LogP contribution in [0.2, 0.25) is 0 Å². The van der Waals surface area contributed by atoms with Gasteiger partial charge in [0, 0.05) is 25.5 Å². The summed E-state index contributed by atoms with van der Waals surface area (Å²) in [5, 5.41) is 6.16. The lowest BCUT2D eigenvalue weighted by molar-refractivity contribution is -0.135. The molecule has 0 spiro atoms. The molecule has 7 heteroatoms. The topological polar surface area (TPSA) is 84.1 Å². The summed E-state index contributed by atoms with van der Waals surface area (Å²) in [5.41, 5.74) is 0. The van der Waals surface area contributed by atoms with Gasteiger partial charge in [-0.2, -0.15) is 0 Å². The van der Waals surface area contributed by atoms with Gasteiger partial charge in [0.05, 0.1) is 5.92 Å². The van der Waals surface area contributed by atoms with Crippen LogP contribution < -0.4 is 5.76 Å². The van der Waals surface area contributed by atoms with Crippen LogP contribution in [0.3, 0.4) is 0 Å². The molecule has 1 N–H and O–H groups in total. The zero-order chi connectivity index (χ0) is 14.8. The maximum absolute atomic E-state index is 12.6. The number of hydrogen-bond acceptors (Lipinski definition) is 4. The highest BCUT2D eigenvalue weighted by atomic mass is 16.4. The Hall–Kier alpha value is -2.31. The van der Waals surface area contributed by atoms with E-state index in [4.69, 9.17) is 4.42 Å². The second-order valence-corrected chi connectivity index (χ2v) is 5.38. The number of nitrogens with one attached hydrogen (secondary N) is 1. The number of carbonyl (C=O) groups is 1. The Morgan fingerprint density at radius 3 is 2.90 bits per heavy atom. The fourth-order valence-corrected chi connectivity index (χ4v) is 2.79. The first-order chi connectivity index (χ1) is 10.1. The maximum atomic E-state index is 12.6. The summed E-state index contributed by atoms with van der Waals surface area (Å²) in [4.78, 5) is 25.4. The van der Waals surface area contributed by atoms with Gasteiger partial charge < -0.3 is 13.9 Å². The van der Waals surface area contributed by atoms with Gasteiger partial charge in [0.25, 0.3) is 0 Å². The molecule has 2 aromatic rings. The molecule has 0 saturated carbocycles. The summed E-state index contributed by atoms with van der Waals surface area (Å²) in [6.45, 7) is 3.16. The number of aromatic amines is 1. The Morgan fingerprint density at radius 1 is 1.48 bits per heavy atom. The van der Waals surface area contributed by atoms with Crippen LogP contribution in [-0.2, 0) is 4.79 Å². The van der Waals surface area contributed by atoms with E-state index in [0.717, 1.165) is 19.4 Å². The molecule has 0 bridgehead atoms. The fourth-order valence-electron chi connectivity index (χ4n) is 2.79. The minimum Gasteiger partial charge on any atom is -0.392 e. The van der Waals surface area contributed by atoms with Crippen molar-refractivity contribution in [2.45, 2.75) is 31.7 Å². The molecule has 7 nitrogen and oxygen atoms in total. The van der Waals surface area contributed by atoms with Gasteiger partial charge in [-0.05, 0) is 31.9 Å². The highest BCUT2D eigenvalue weighted by Gasteiger charge is 2.30. The van der Waals surface area contributed by atoms with Crippen molar-refractivity contribution in [1.29, 1.82) is 0 Å². The van der Waals surface area contributed by atoms with Crippen LogP contribution >= 0.6 is 0 Å². The summed E-state index contributed by atoms with van der Waals surface area (Å²) in [6.07, 6.45) is 5.52. The molecule has 112 valence electrons. The summed E-state index contributed by atoms with van der Waals surface area (Å²) in [7, 11) is 0. The third kappa shape index (κ3) is 2.76. The number of H-pyrrole nitrogens is 1. The predicted octanol–water partition coefficient (Wildman–Crippen LogP) is 1.13. The molecule has 1 fully saturated rings. The lowest BCUT2D eigenvalue weighted by Gasteiger charge is -2.33. The van der Waals surface area contributed by atoms with Gasteiger partial charge in [0.15, 0.2) is 0 Å². The third-order valence-electron chi connectivity index (χ3n) is 3.97. The van der Waals surface area contributed by atoms with Crippen LogP contribution in [-0.4, -0.2) is 38.7 Å². The first-order valence-corrected chi connectivity index (χ1v) is 7.12. The standard InChI is InChI=1S/C14H18N4O3/c1-10(17-6-2-3-7-17)13(19)18-8-4-5-11(9-18)12-15-16-14(20)21-12/h2-3,6-7,10-11H,4-5,8-9H2,1H3,(H,16,20). The number of hydrogen-bond donors (Lipinski definition) is 1. The second-order valence-electron chi connectivity index (χ2n) is 5.38. The van der Waals surface area contributed by atoms with Crippen molar-refractivity contribution in [3.05, 3.63) is 41.0 Å². The zero-order valence-electron chi connectivity index (χ0n) is 11.9. The van der Waals surface area contributed by atoms with Gasteiger partial charge in [-0.3, -0.25) is 4.79 Å². The highest BCUT2D eigenvalue weighted by Crippen LogP contribution is 2.26. The summed E-state index contributed by atoms with van der Waals surface area (Å²) < 4.78 is 6.91. The molecular formula is C14H18N4O3. The van der Waals surface area contributed by atoms with E-state index >= 15 is 0 Å². The van der Waals surface area contributed by atoms with E-state index in [2.05, 4.69) is 10.2 Å². The number of nitrogens with zero attached hydrogens (tertiary/aromatic N) is 3. The Bertz CT molecular complexity index is 658. The van der Waals surface area contributed by atoms with Crippen molar-refractivity contribution in [2.75, 3.05) is 13.1 Å². The van der Waals surface area contributed by atoms with E-state index in [9.17, 15) is 9.59 Å². The van der Waals surface area contributed by atoms with Gasteiger partial charge >= 0.3 is 5.76 Å². The van der Waals surface area contributed by atoms with Crippen LogP contribution in [0.1, 0.15) is 37.6 Å². The molecule has 3 heterocycles. The molecule has 2 unspecified atom stereocenters. The minimum absolute atomic E-state index is 0.0153. The van der Waals surface area contributed by atoms with Crippen molar-refractivity contribution in [3.63, 3.8) is 0 Å². The molecule has 0 aromatic carbocycles. The van der Waals surface area contributed by atoms with E-state index in [0.29, 0.717) is 12.4 Å². The lowest BCUT2D eigenvalue weighted by atomic mass is 9.97. The van der Waals surface area contributed by atoms with Crippen LogP contribution in [0.25, 0.3) is 0 Å². The summed E-state index contributed by atoms with van der Waals surface area (Å²) in [5.74, 6) is -0.0902. The zero-order valence-corrected chi connectivity index (χ0v) is 11.9. The van der Waals surface area contributed by atoms with E-state index in [1.807, 2.05) is 40.9 Å². The first kappa shape index (κ1) is 13.7. The van der Waals surface area contributed by atoms with Crippen molar-refractivity contribution in [2.24, 2.45) is 0 Å². The van der Waals surface area contributed by atoms with Crippen molar-refractivity contribution in [3.8, 4) is 0 Å². The summed E-state index contributed by atoms with van der Waals surface area (Å²) in [6, 6.07) is 3.58. The molecule has 1 aliphatic heterocycles. The number of piperidine rings is 1. The number of amides is 1. The average Bonchev–Trinajstić information content (AvgIpc) is 3.17. The predicted molar refractivity (Wildman–Crippen MR) is 74.8 cm³/mol. The number of aromatic nitrogens is 3. The Morgan fingerprint density at radius 2 is 2.24 bits per heavy atom. The van der Waals surface area contributed by atoms with Crippen LogP contribution in [0.15, 0.2) is 33.7 Å².